The summed E-state index contributed by atoms with van der Waals surface area (Å²) in [6, 6.07) is 9.88. The van der Waals surface area contributed by atoms with Gasteiger partial charge >= 0.3 is 12.1 Å². The van der Waals surface area contributed by atoms with E-state index in [1.54, 1.807) is 0 Å². The third-order valence-electron chi connectivity index (χ3n) is 4.04. The molecule has 1 heterocycles. The van der Waals surface area contributed by atoms with Crippen LogP contribution in [0.1, 0.15) is 15.9 Å². The van der Waals surface area contributed by atoms with E-state index in [1.807, 2.05) is 5.32 Å². The lowest BCUT2D eigenvalue weighted by atomic mass is 10.2. The molecule has 0 aliphatic heterocycles. The van der Waals surface area contributed by atoms with Crippen LogP contribution >= 0.6 is 0 Å². The fourth-order valence-corrected chi connectivity index (χ4v) is 2.58. The number of esters is 1. The molecule has 2 N–H and O–H groups in total. The van der Waals surface area contributed by atoms with E-state index < -0.39 is 47.5 Å². The van der Waals surface area contributed by atoms with Gasteiger partial charge in [0.2, 0.25) is 0 Å². The first-order valence-corrected chi connectivity index (χ1v) is 8.95. The Kier molecular flexibility index (Phi) is 6.67. The molecule has 0 radical (unpaired) electrons. The Balaban J connectivity index is 1.69. The van der Waals surface area contributed by atoms with Gasteiger partial charge in [-0.3, -0.25) is 4.79 Å². The van der Waals surface area contributed by atoms with Crippen LogP contribution in [-0.2, 0) is 15.7 Å². The number of anilines is 3. The molecular formula is C21H14F5N3O3. The Bertz CT molecular complexity index is 1130. The lowest BCUT2D eigenvalue weighted by Crippen LogP contribution is -2.22. The van der Waals surface area contributed by atoms with Crippen molar-refractivity contribution in [3.63, 3.8) is 0 Å². The van der Waals surface area contributed by atoms with Crippen molar-refractivity contribution >= 4 is 29.1 Å². The molecule has 0 saturated carbocycles. The normalized spacial score (nSPS) is 11.0. The number of nitrogens with zero attached hydrogens (tertiary/aromatic N) is 1. The predicted octanol–water partition coefficient (Wildman–Crippen LogP) is 4.92. The fraction of sp³-hybridized carbons (Fsp3) is 0.0952. The lowest BCUT2D eigenvalue weighted by molar-refractivity contribution is -0.137. The van der Waals surface area contributed by atoms with E-state index >= 15 is 0 Å². The monoisotopic (exact) mass is 451 g/mol. The van der Waals surface area contributed by atoms with E-state index in [1.165, 1.54) is 30.5 Å². The number of hydrogen-bond donors (Lipinski definition) is 2. The summed E-state index contributed by atoms with van der Waals surface area (Å²) in [5.74, 6) is -4.17. The summed E-state index contributed by atoms with van der Waals surface area (Å²) in [5, 5.41) is 4.55. The zero-order valence-electron chi connectivity index (χ0n) is 16.0. The number of hydrogen-bond acceptors (Lipinski definition) is 5. The van der Waals surface area contributed by atoms with Gasteiger partial charge in [-0.25, -0.2) is 18.6 Å². The number of carbonyl (C=O) groups excluding carboxylic acids is 2. The van der Waals surface area contributed by atoms with Gasteiger partial charge in [-0.15, -0.1) is 0 Å². The number of para-hydroxylation sites is 1. The molecule has 166 valence electrons. The number of halogens is 5. The van der Waals surface area contributed by atoms with Gasteiger partial charge in [0.1, 0.15) is 28.7 Å². The van der Waals surface area contributed by atoms with Gasteiger partial charge in [0.25, 0.3) is 5.91 Å². The highest BCUT2D eigenvalue weighted by Gasteiger charge is 2.30. The largest absolute Gasteiger partial charge is 0.452 e. The maximum atomic E-state index is 13.6. The molecule has 0 unspecified atom stereocenters. The van der Waals surface area contributed by atoms with Crippen molar-refractivity contribution < 1.29 is 36.3 Å². The second kappa shape index (κ2) is 9.41. The molecule has 0 saturated heterocycles. The standard InChI is InChI=1S/C21H14F5N3O3/c22-15-7-2-8-16(23)18(15)29-17(30)11-32-20(31)14-6-3-9-27-19(14)28-13-5-1-4-12(10-13)21(24,25)26/h1-10H,11H2,(H,27,28)(H,29,30). The van der Waals surface area contributed by atoms with Gasteiger partial charge in [-0.2, -0.15) is 13.2 Å². The number of nitrogens with one attached hydrogen (secondary N) is 2. The number of rotatable bonds is 6. The first-order valence-electron chi connectivity index (χ1n) is 8.95. The Morgan fingerprint density at radius 2 is 1.66 bits per heavy atom. The molecule has 0 aliphatic rings. The van der Waals surface area contributed by atoms with E-state index in [4.69, 9.17) is 4.74 Å². The highest BCUT2D eigenvalue weighted by molar-refractivity contribution is 5.98. The van der Waals surface area contributed by atoms with Gasteiger partial charge in [0.15, 0.2) is 6.61 Å². The molecule has 3 aromatic rings. The summed E-state index contributed by atoms with van der Waals surface area (Å²) >= 11 is 0. The highest BCUT2D eigenvalue weighted by Crippen LogP contribution is 2.31. The Labute approximate surface area is 178 Å². The van der Waals surface area contributed by atoms with Crippen molar-refractivity contribution in [1.82, 2.24) is 4.98 Å². The molecule has 0 fully saturated rings. The fourth-order valence-electron chi connectivity index (χ4n) is 2.58. The number of carbonyl (C=O) groups is 2. The minimum absolute atomic E-state index is 0.0142. The smallest absolute Gasteiger partial charge is 0.416 e. The van der Waals surface area contributed by atoms with Crippen LogP contribution in [0.15, 0.2) is 60.8 Å². The van der Waals surface area contributed by atoms with Crippen molar-refractivity contribution in [3.8, 4) is 0 Å². The first kappa shape index (κ1) is 22.7. The molecular weight excluding hydrogens is 437 g/mol. The van der Waals surface area contributed by atoms with Crippen LogP contribution in [0.3, 0.4) is 0 Å². The predicted molar refractivity (Wildman–Crippen MR) is 104 cm³/mol. The molecule has 2 aromatic carbocycles. The van der Waals surface area contributed by atoms with Gasteiger partial charge in [-0.05, 0) is 42.5 Å². The van der Waals surface area contributed by atoms with E-state index in [2.05, 4.69) is 10.3 Å². The maximum absolute atomic E-state index is 13.6. The quantitative estimate of drug-likeness (QED) is 0.411. The molecule has 0 aliphatic carbocycles. The van der Waals surface area contributed by atoms with Crippen molar-refractivity contribution in [2.75, 3.05) is 17.2 Å². The average Bonchev–Trinajstić information content (AvgIpc) is 2.75. The third kappa shape index (κ3) is 5.56. The molecule has 3 rings (SSSR count). The SMILES string of the molecule is O=C(COC(=O)c1cccnc1Nc1cccc(C(F)(F)F)c1)Nc1c(F)cccc1F. The van der Waals surface area contributed by atoms with Crippen molar-refractivity contribution in [3.05, 3.63) is 83.6 Å². The second-order valence-corrected chi connectivity index (χ2v) is 6.32. The molecule has 1 amide bonds. The number of alkyl halides is 3. The molecule has 6 nitrogen and oxygen atoms in total. The Morgan fingerprint density at radius 3 is 2.34 bits per heavy atom. The minimum atomic E-state index is -4.56. The first-order chi connectivity index (χ1) is 15.1. The van der Waals surface area contributed by atoms with Crippen LogP contribution in [0, 0.1) is 11.6 Å². The number of aromatic nitrogens is 1. The van der Waals surface area contributed by atoms with E-state index in [0.717, 1.165) is 30.3 Å². The van der Waals surface area contributed by atoms with Crippen LogP contribution in [0.25, 0.3) is 0 Å². The molecule has 0 bridgehead atoms. The number of pyridine rings is 1. The summed E-state index contributed by atoms with van der Waals surface area (Å²) in [6.07, 6.45) is -3.27. The van der Waals surface area contributed by atoms with Crippen molar-refractivity contribution in [1.29, 1.82) is 0 Å². The molecule has 0 atom stereocenters. The average molecular weight is 451 g/mol. The van der Waals surface area contributed by atoms with Crippen LogP contribution in [0.2, 0.25) is 0 Å². The van der Waals surface area contributed by atoms with Crippen LogP contribution in [0.4, 0.5) is 39.1 Å². The second-order valence-electron chi connectivity index (χ2n) is 6.32. The third-order valence-corrected chi connectivity index (χ3v) is 4.04. The van der Waals surface area contributed by atoms with Crippen molar-refractivity contribution in [2.24, 2.45) is 0 Å². The topological polar surface area (TPSA) is 80.3 Å². The minimum Gasteiger partial charge on any atom is -0.452 e. The molecule has 1 aromatic heterocycles. The molecule has 32 heavy (non-hydrogen) atoms. The van der Waals surface area contributed by atoms with Gasteiger partial charge < -0.3 is 15.4 Å². The van der Waals surface area contributed by atoms with E-state index in [-0.39, 0.29) is 17.1 Å². The zero-order chi connectivity index (χ0) is 23.3. The summed E-state index contributed by atoms with van der Waals surface area (Å²) in [6.45, 7) is -0.871. The van der Waals surface area contributed by atoms with E-state index in [9.17, 15) is 31.5 Å². The van der Waals surface area contributed by atoms with Gasteiger partial charge in [0, 0.05) is 11.9 Å². The molecule has 0 spiro atoms. The van der Waals surface area contributed by atoms with Crippen LogP contribution < -0.4 is 10.6 Å². The number of amides is 1. The number of ether oxygens (including phenoxy) is 1. The summed E-state index contributed by atoms with van der Waals surface area (Å²) in [7, 11) is 0. The van der Waals surface area contributed by atoms with Gasteiger partial charge in [0.05, 0.1) is 5.56 Å². The Morgan fingerprint density at radius 1 is 0.969 bits per heavy atom. The summed E-state index contributed by atoms with van der Waals surface area (Å²) < 4.78 is 70.7. The van der Waals surface area contributed by atoms with Crippen LogP contribution in [-0.4, -0.2) is 23.5 Å². The maximum Gasteiger partial charge on any atom is 0.416 e. The highest BCUT2D eigenvalue weighted by atomic mass is 19.4. The lowest BCUT2D eigenvalue weighted by Gasteiger charge is -2.13. The summed E-state index contributed by atoms with van der Waals surface area (Å²) in [4.78, 5) is 28.2. The van der Waals surface area contributed by atoms with E-state index in [0.29, 0.717) is 0 Å². The van der Waals surface area contributed by atoms with Gasteiger partial charge in [-0.1, -0.05) is 12.1 Å². The summed E-state index contributed by atoms with van der Waals surface area (Å²) in [5.41, 5.74) is -1.75. The van der Waals surface area contributed by atoms with Crippen LogP contribution in [0.5, 0.6) is 0 Å². The number of benzene rings is 2. The van der Waals surface area contributed by atoms with Crippen molar-refractivity contribution in [2.45, 2.75) is 6.18 Å². The Hall–Kier alpha value is -4.02. The zero-order valence-corrected chi connectivity index (χ0v) is 16.0. The molecule has 11 heteroatoms.